The van der Waals surface area contributed by atoms with E-state index in [1.165, 1.54) is 56.9 Å². The lowest BCUT2D eigenvalue weighted by Crippen LogP contribution is -2.50. The second-order valence-corrected chi connectivity index (χ2v) is 5.94. The van der Waals surface area contributed by atoms with E-state index >= 15 is 0 Å². The molecule has 3 N–H and O–H groups in total. The van der Waals surface area contributed by atoms with Crippen LogP contribution in [0.5, 0.6) is 0 Å². The van der Waals surface area contributed by atoms with Crippen molar-refractivity contribution < 1.29 is 0 Å². The zero-order valence-corrected chi connectivity index (χ0v) is 12.2. The first-order valence-corrected chi connectivity index (χ1v) is 7.85. The lowest BCUT2D eigenvalue weighted by Gasteiger charge is -2.38. The minimum Gasteiger partial charge on any atom is -0.271 e. The Hall–Kier alpha value is -0.860. The number of benzene rings is 1. The normalized spacial score (nSPS) is 19.5. The van der Waals surface area contributed by atoms with Crippen molar-refractivity contribution in [1.82, 2.24) is 5.43 Å². The van der Waals surface area contributed by atoms with Crippen molar-refractivity contribution in [3.8, 4) is 0 Å². The molecule has 1 aliphatic carbocycles. The standard InChI is InChI=1S/C17H28N2/c1-2-3-5-12-16(19-18)17(13-8-9-14-17)15-10-6-4-7-11-15/h4,6-7,10-11,16,19H,2-3,5,8-9,12-14,18H2,1H3. The molecule has 1 unspecified atom stereocenters. The van der Waals surface area contributed by atoms with Crippen LogP contribution in [0, 0.1) is 0 Å². The zero-order valence-electron chi connectivity index (χ0n) is 12.2. The first-order valence-electron chi connectivity index (χ1n) is 7.85. The summed E-state index contributed by atoms with van der Waals surface area (Å²) in [4.78, 5) is 0. The van der Waals surface area contributed by atoms with Crippen LogP contribution in [0.25, 0.3) is 0 Å². The third kappa shape index (κ3) is 3.18. The topological polar surface area (TPSA) is 38.0 Å². The fraction of sp³-hybridized carbons (Fsp3) is 0.647. The van der Waals surface area contributed by atoms with E-state index in [-0.39, 0.29) is 5.41 Å². The molecule has 0 radical (unpaired) electrons. The van der Waals surface area contributed by atoms with Crippen molar-refractivity contribution in [2.24, 2.45) is 5.84 Å². The number of nitrogens with two attached hydrogens (primary N) is 1. The van der Waals surface area contributed by atoms with E-state index in [1.54, 1.807) is 0 Å². The van der Waals surface area contributed by atoms with Gasteiger partial charge in [-0.25, -0.2) is 0 Å². The molecule has 2 nitrogen and oxygen atoms in total. The van der Waals surface area contributed by atoms with Crippen LogP contribution in [-0.4, -0.2) is 6.04 Å². The van der Waals surface area contributed by atoms with E-state index in [0.717, 1.165) is 0 Å². The number of rotatable bonds is 7. The molecule has 106 valence electrons. The summed E-state index contributed by atoms with van der Waals surface area (Å²) in [7, 11) is 0. The summed E-state index contributed by atoms with van der Waals surface area (Å²) in [6.45, 7) is 2.26. The summed E-state index contributed by atoms with van der Waals surface area (Å²) >= 11 is 0. The Kier molecular flexibility index (Phi) is 5.41. The number of hydrogen-bond donors (Lipinski definition) is 2. The van der Waals surface area contributed by atoms with E-state index in [2.05, 4.69) is 42.7 Å². The van der Waals surface area contributed by atoms with Gasteiger partial charge < -0.3 is 0 Å². The molecule has 1 aliphatic rings. The van der Waals surface area contributed by atoms with E-state index in [4.69, 9.17) is 5.84 Å². The van der Waals surface area contributed by atoms with E-state index in [1.807, 2.05) is 0 Å². The van der Waals surface area contributed by atoms with Crippen LogP contribution in [0.4, 0.5) is 0 Å². The summed E-state index contributed by atoms with van der Waals surface area (Å²) in [5.74, 6) is 5.91. The summed E-state index contributed by atoms with van der Waals surface area (Å²) in [5.41, 5.74) is 4.89. The van der Waals surface area contributed by atoms with Crippen molar-refractivity contribution in [3.63, 3.8) is 0 Å². The molecule has 1 atom stereocenters. The van der Waals surface area contributed by atoms with Crippen LogP contribution < -0.4 is 11.3 Å². The first kappa shape index (κ1) is 14.5. The lowest BCUT2D eigenvalue weighted by atomic mass is 9.71. The molecule has 1 aromatic carbocycles. The van der Waals surface area contributed by atoms with Crippen molar-refractivity contribution in [1.29, 1.82) is 0 Å². The van der Waals surface area contributed by atoms with Crippen LogP contribution in [-0.2, 0) is 5.41 Å². The largest absolute Gasteiger partial charge is 0.271 e. The highest BCUT2D eigenvalue weighted by molar-refractivity contribution is 5.29. The van der Waals surface area contributed by atoms with E-state index in [0.29, 0.717) is 6.04 Å². The van der Waals surface area contributed by atoms with Crippen LogP contribution in [0.15, 0.2) is 30.3 Å². The number of hydrogen-bond acceptors (Lipinski definition) is 2. The molecule has 19 heavy (non-hydrogen) atoms. The SMILES string of the molecule is CCCCCC(NN)C1(c2ccccc2)CCCC1. The molecule has 2 rings (SSSR count). The second kappa shape index (κ2) is 7.06. The number of hydrazine groups is 1. The minimum atomic E-state index is 0.268. The van der Waals surface area contributed by atoms with Crippen molar-refractivity contribution in [2.45, 2.75) is 69.7 Å². The van der Waals surface area contributed by atoms with Gasteiger partial charge in [-0.2, -0.15) is 0 Å². The van der Waals surface area contributed by atoms with Gasteiger partial charge in [-0.05, 0) is 24.8 Å². The molecule has 1 fully saturated rings. The van der Waals surface area contributed by atoms with Gasteiger partial charge >= 0.3 is 0 Å². The highest BCUT2D eigenvalue weighted by Gasteiger charge is 2.41. The molecule has 0 aromatic heterocycles. The molecule has 1 aromatic rings. The molecular weight excluding hydrogens is 232 g/mol. The number of nitrogens with one attached hydrogen (secondary N) is 1. The average Bonchev–Trinajstić information content (AvgIpc) is 2.95. The molecule has 0 heterocycles. The van der Waals surface area contributed by atoms with Crippen LogP contribution in [0.2, 0.25) is 0 Å². The summed E-state index contributed by atoms with van der Waals surface area (Å²) in [6.07, 6.45) is 10.3. The quantitative estimate of drug-likeness (QED) is 0.443. The van der Waals surface area contributed by atoms with Gasteiger partial charge in [0, 0.05) is 11.5 Å². The van der Waals surface area contributed by atoms with Gasteiger partial charge in [0.1, 0.15) is 0 Å². The minimum absolute atomic E-state index is 0.268. The Bertz CT molecular complexity index is 355. The Labute approximate surface area is 117 Å². The van der Waals surface area contributed by atoms with E-state index in [9.17, 15) is 0 Å². The van der Waals surface area contributed by atoms with Crippen LogP contribution >= 0.6 is 0 Å². The molecule has 0 bridgehead atoms. The van der Waals surface area contributed by atoms with Gasteiger partial charge in [0.05, 0.1) is 0 Å². The van der Waals surface area contributed by atoms with Gasteiger partial charge in [0.15, 0.2) is 0 Å². The van der Waals surface area contributed by atoms with Gasteiger partial charge in [0.2, 0.25) is 0 Å². The number of unbranched alkanes of at least 4 members (excludes halogenated alkanes) is 2. The Balaban J connectivity index is 2.17. The monoisotopic (exact) mass is 260 g/mol. The fourth-order valence-corrected chi connectivity index (χ4v) is 3.73. The highest BCUT2D eigenvalue weighted by Crippen LogP contribution is 2.44. The van der Waals surface area contributed by atoms with Crippen LogP contribution in [0.3, 0.4) is 0 Å². The zero-order chi connectivity index (χ0) is 13.6. The predicted molar refractivity (Wildman–Crippen MR) is 81.8 cm³/mol. The summed E-state index contributed by atoms with van der Waals surface area (Å²) in [6, 6.07) is 11.4. The Morgan fingerprint density at radius 2 is 1.84 bits per heavy atom. The van der Waals surface area contributed by atoms with Gasteiger partial charge in [-0.15, -0.1) is 0 Å². The van der Waals surface area contributed by atoms with E-state index < -0.39 is 0 Å². The maximum absolute atomic E-state index is 5.91. The first-order chi connectivity index (χ1) is 9.33. The van der Waals surface area contributed by atoms with Gasteiger partial charge in [-0.1, -0.05) is 69.4 Å². The third-order valence-corrected chi connectivity index (χ3v) is 4.81. The molecule has 0 spiro atoms. The third-order valence-electron chi connectivity index (χ3n) is 4.81. The fourth-order valence-electron chi connectivity index (χ4n) is 3.73. The van der Waals surface area contributed by atoms with Crippen molar-refractivity contribution in [2.75, 3.05) is 0 Å². The highest BCUT2D eigenvalue weighted by atomic mass is 15.2. The molecule has 0 amide bonds. The Morgan fingerprint density at radius 1 is 1.16 bits per heavy atom. The lowest BCUT2D eigenvalue weighted by molar-refractivity contribution is 0.277. The Morgan fingerprint density at radius 3 is 2.42 bits per heavy atom. The maximum atomic E-state index is 5.91. The predicted octanol–water partition coefficient (Wildman–Crippen LogP) is 3.91. The van der Waals surface area contributed by atoms with Gasteiger partial charge in [0.25, 0.3) is 0 Å². The molecule has 0 saturated heterocycles. The molecular formula is C17H28N2. The second-order valence-electron chi connectivity index (χ2n) is 5.94. The van der Waals surface area contributed by atoms with Gasteiger partial charge in [-0.3, -0.25) is 11.3 Å². The summed E-state index contributed by atoms with van der Waals surface area (Å²) < 4.78 is 0. The molecule has 0 aliphatic heterocycles. The summed E-state index contributed by atoms with van der Waals surface area (Å²) in [5, 5.41) is 0. The maximum Gasteiger partial charge on any atom is 0.0307 e. The average molecular weight is 260 g/mol. The molecule has 2 heteroatoms. The van der Waals surface area contributed by atoms with Crippen molar-refractivity contribution in [3.05, 3.63) is 35.9 Å². The smallest absolute Gasteiger partial charge is 0.0307 e. The van der Waals surface area contributed by atoms with Crippen LogP contribution in [0.1, 0.15) is 63.9 Å². The van der Waals surface area contributed by atoms with Crippen molar-refractivity contribution >= 4 is 0 Å². The molecule has 1 saturated carbocycles.